The molecule has 0 aliphatic carbocycles. The summed E-state index contributed by atoms with van der Waals surface area (Å²) in [5.74, 6) is 0.309. The molecule has 1 heterocycles. The van der Waals surface area contributed by atoms with E-state index in [-0.39, 0.29) is 10.8 Å². The number of aliphatic hydroxyl groups is 1. The third-order valence-corrected chi connectivity index (χ3v) is 3.96. The molecule has 0 bridgehead atoms. The fourth-order valence-electron chi connectivity index (χ4n) is 1.63. The number of ether oxygens (including phenoxy) is 1. The van der Waals surface area contributed by atoms with Crippen LogP contribution in [0.25, 0.3) is 0 Å². The zero-order chi connectivity index (χ0) is 13.3. The van der Waals surface area contributed by atoms with Crippen molar-refractivity contribution in [2.24, 2.45) is 0 Å². The Balaban J connectivity index is 2.39. The molecule has 0 spiro atoms. The highest BCUT2D eigenvalue weighted by atomic mass is 35.5. The maximum atomic E-state index is 13.3. The summed E-state index contributed by atoms with van der Waals surface area (Å²) in [6.45, 7) is 1.64. The van der Waals surface area contributed by atoms with Crippen LogP contribution in [0.15, 0.2) is 23.6 Å². The van der Waals surface area contributed by atoms with Crippen LogP contribution in [0.4, 0.5) is 4.39 Å². The summed E-state index contributed by atoms with van der Waals surface area (Å²) < 4.78 is 18.4. The minimum absolute atomic E-state index is 0.220. The van der Waals surface area contributed by atoms with E-state index < -0.39 is 6.10 Å². The molecular formula is C13H12ClFO2S. The first-order valence-electron chi connectivity index (χ1n) is 5.29. The molecule has 1 atom stereocenters. The Morgan fingerprint density at radius 1 is 1.39 bits per heavy atom. The molecular weight excluding hydrogens is 275 g/mol. The van der Waals surface area contributed by atoms with Crippen LogP contribution in [0.1, 0.15) is 22.1 Å². The summed E-state index contributed by atoms with van der Waals surface area (Å²) in [5, 5.41) is 12.3. The largest absolute Gasteiger partial charge is 0.496 e. The van der Waals surface area contributed by atoms with Crippen LogP contribution in [-0.2, 0) is 0 Å². The third-order valence-electron chi connectivity index (χ3n) is 2.67. The van der Waals surface area contributed by atoms with Gasteiger partial charge in [-0.3, -0.25) is 0 Å². The zero-order valence-corrected chi connectivity index (χ0v) is 11.5. The Hall–Kier alpha value is -1.10. The third kappa shape index (κ3) is 2.51. The minimum atomic E-state index is -0.870. The number of halogens is 2. The monoisotopic (exact) mass is 286 g/mol. The van der Waals surface area contributed by atoms with Gasteiger partial charge in [0.1, 0.15) is 17.7 Å². The van der Waals surface area contributed by atoms with Crippen LogP contribution >= 0.6 is 22.9 Å². The van der Waals surface area contributed by atoms with Crippen LogP contribution < -0.4 is 4.74 Å². The normalized spacial score (nSPS) is 12.5. The first kappa shape index (κ1) is 13.3. The van der Waals surface area contributed by atoms with E-state index in [2.05, 4.69) is 0 Å². The van der Waals surface area contributed by atoms with Crippen LogP contribution in [-0.4, -0.2) is 12.2 Å². The number of aryl methyl sites for hydroxylation is 1. The maximum absolute atomic E-state index is 13.3. The second-order valence-electron chi connectivity index (χ2n) is 3.91. The summed E-state index contributed by atoms with van der Waals surface area (Å²) in [5.41, 5.74) is 0.956. The van der Waals surface area contributed by atoms with Crippen molar-refractivity contribution in [3.05, 3.63) is 50.4 Å². The van der Waals surface area contributed by atoms with Gasteiger partial charge in [0.25, 0.3) is 0 Å². The van der Waals surface area contributed by atoms with Crippen LogP contribution in [0.2, 0.25) is 5.02 Å². The molecule has 0 aliphatic heterocycles. The van der Waals surface area contributed by atoms with Crippen LogP contribution in [0.3, 0.4) is 0 Å². The molecule has 0 aliphatic rings. The molecule has 1 unspecified atom stereocenters. The predicted molar refractivity (Wildman–Crippen MR) is 71.1 cm³/mol. The molecule has 18 heavy (non-hydrogen) atoms. The van der Waals surface area contributed by atoms with Gasteiger partial charge >= 0.3 is 0 Å². The summed E-state index contributed by atoms with van der Waals surface area (Å²) in [7, 11) is 1.56. The lowest BCUT2D eigenvalue weighted by atomic mass is 10.0. The quantitative estimate of drug-likeness (QED) is 0.926. The second-order valence-corrected chi connectivity index (χ2v) is 5.26. The van der Waals surface area contributed by atoms with Gasteiger partial charge in [0.15, 0.2) is 0 Å². The van der Waals surface area contributed by atoms with E-state index in [1.54, 1.807) is 31.5 Å². The van der Waals surface area contributed by atoms with E-state index in [4.69, 9.17) is 16.3 Å². The Morgan fingerprint density at radius 2 is 2.11 bits per heavy atom. The number of hydrogen-bond acceptors (Lipinski definition) is 3. The van der Waals surface area contributed by atoms with Crippen molar-refractivity contribution in [2.75, 3.05) is 7.11 Å². The average molecular weight is 287 g/mol. The van der Waals surface area contributed by atoms with Crippen molar-refractivity contribution < 1.29 is 14.2 Å². The SMILES string of the molecule is COc1csc(C(O)c2cc(C)c(F)cc2Cl)c1. The highest BCUT2D eigenvalue weighted by Crippen LogP contribution is 2.35. The lowest BCUT2D eigenvalue weighted by molar-refractivity contribution is 0.223. The topological polar surface area (TPSA) is 29.5 Å². The summed E-state index contributed by atoms with van der Waals surface area (Å²) in [6.07, 6.45) is -0.870. The number of methoxy groups -OCH3 is 1. The van der Waals surface area contributed by atoms with E-state index in [0.717, 1.165) is 0 Å². The summed E-state index contributed by atoms with van der Waals surface area (Å²) in [6, 6.07) is 4.53. The Labute approximate surface area is 114 Å². The molecule has 1 aromatic heterocycles. The smallest absolute Gasteiger partial charge is 0.129 e. The minimum Gasteiger partial charge on any atom is -0.496 e. The fourth-order valence-corrected chi connectivity index (χ4v) is 2.74. The molecule has 2 rings (SSSR count). The van der Waals surface area contributed by atoms with E-state index in [1.165, 1.54) is 17.4 Å². The van der Waals surface area contributed by atoms with Crippen molar-refractivity contribution in [1.29, 1.82) is 0 Å². The number of aliphatic hydroxyl groups excluding tert-OH is 1. The predicted octanol–water partition coefficient (Wildman–Crippen LogP) is 3.94. The summed E-state index contributed by atoms with van der Waals surface area (Å²) in [4.78, 5) is 0.708. The fraction of sp³-hybridized carbons (Fsp3) is 0.231. The molecule has 0 saturated heterocycles. The number of benzene rings is 1. The van der Waals surface area contributed by atoms with Gasteiger partial charge in [0, 0.05) is 20.8 Å². The standard InChI is InChI=1S/C13H12ClFO2S/c1-7-3-9(10(14)5-11(7)15)13(16)12-4-8(17-2)6-18-12/h3-6,13,16H,1-2H3. The molecule has 0 saturated carbocycles. The van der Waals surface area contributed by atoms with Crippen LogP contribution in [0, 0.1) is 12.7 Å². The Bertz CT molecular complexity index is 568. The van der Waals surface area contributed by atoms with Gasteiger partial charge in [-0.25, -0.2) is 4.39 Å². The number of hydrogen-bond donors (Lipinski definition) is 1. The van der Waals surface area contributed by atoms with Gasteiger partial charge in [-0.05, 0) is 30.7 Å². The zero-order valence-electron chi connectivity index (χ0n) is 9.91. The van der Waals surface area contributed by atoms with Gasteiger partial charge in [-0.1, -0.05) is 11.6 Å². The number of rotatable bonds is 3. The van der Waals surface area contributed by atoms with Gasteiger partial charge in [-0.2, -0.15) is 0 Å². The molecule has 1 N–H and O–H groups in total. The maximum Gasteiger partial charge on any atom is 0.129 e. The van der Waals surface area contributed by atoms with Crippen molar-refractivity contribution in [2.45, 2.75) is 13.0 Å². The van der Waals surface area contributed by atoms with Crippen molar-refractivity contribution >= 4 is 22.9 Å². The average Bonchev–Trinajstić information content (AvgIpc) is 2.81. The van der Waals surface area contributed by atoms with Crippen molar-refractivity contribution in [3.8, 4) is 5.75 Å². The first-order chi connectivity index (χ1) is 8.52. The molecule has 5 heteroatoms. The summed E-state index contributed by atoms with van der Waals surface area (Å²) >= 11 is 7.33. The van der Waals surface area contributed by atoms with Gasteiger partial charge in [-0.15, -0.1) is 11.3 Å². The van der Waals surface area contributed by atoms with Crippen molar-refractivity contribution in [1.82, 2.24) is 0 Å². The van der Waals surface area contributed by atoms with Crippen LogP contribution in [0.5, 0.6) is 5.75 Å². The molecule has 96 valence electrons. The van der Waals surface area contributed by atoms with E-state index in [0.29, 0.717) is 21.8 Å². The van der Waals surface area contributed by atoms with Gasteiger partial charge in [0.05, 0.1) is 7.11 Å². The highest BCUT2D eigenvalue weighted by molar-refractivity contribution is 7.10. The van der Waals surface area contributed by atoms with E-state index in [1.807, 2.05) is 0 Å². The highest BCUT2D eigenvalue weighted by Gasteiger charge is 2.18. The lowest BCUT2D eigenvalue weighted by Gasteiger charge is -2.12. The lowest BCUT2D eigenvalue weighted by Crippen LogP contribution is -2.00. The Kier molecular flexibility index (Phi) is 3.90. The second kappa shape index (κ2) is 5.26. The van der Waals surface area contributed by atoms with Gasteiger partial charge < -0.3 is 9.84 Å². The number of thiophene rings is 1. The van der Waals surface area contributed by atoms with E-state index >= 15 is 0 Å². The molecule has 1 aromatic carbocycles. The molecule has 0 fully saturated rings. The Morgan fingerprint density at radius 3 is 2.72 bits per heavy atom. The van der Waals surface area contributed by atoms with E-state index in [9.17, 15) is 9.50 Å². The molecule has 0 radical (unpaired) electrons. The van der Waals surface area contributed by atoms with Gasteiger partial charge in [0.2, 0.25) is 0 Å². The molecule has 0 amide bonds. The molecule has 2 nitrogen and oxygen atoms in total. The molecule has 2 aromatic rings. The first-order valence-corrected chi connectivity index (χ1v) is 6.54. The van der Waals surface area contributed by atoms with Crippen molar-refractivity contribution in [3.63, 3.8) is 0 Å².